The van der Waals surface area contributed by atoms with Crippen LogP contribution in [-0.4, -0.2) is 42.6 Å². The van der Waals surface area contributed by atoms with Gasteiger partial charge >= 0.3 is 0 Å². The summed E-state index contributed by atoms with van der Waals surface area (Å²) in [5.41, 5.74) is 0.897. The zero-order valence-corrected chi connectivity index (χ0v) is 16.7. The van der Waals surface area contributed by atoms with E-state index in [4.69, 9.17) is 21.1 Å². The van der Waals surface area contributed by atoms with Crippen molar-refractivity contribution in [2.45, 2.75) is 31.7 Å². The summed E-state index contributed by atoms with van der Waals surface area (Å²) in [6.45, 7) is 0.820. The molecule has 0 unspecified atom stereocenters. The molecular formula is C21H22ClN3O4. The molecule has 0 radical (unpaired) electrons. The van der Waals surface area contributed by atoms with Crippen LogP contribution in [0.4, 0.5) is 5.69 Å². The van der Waals surface area contributed by atoms with E-state index in [2.05, 4.69) is 10.3 Å². The van der Waals surface area contributed by atoms with E-state index < -0.39 is 0 Å². The molecule has 1 N–H and O–H groups in total. The molecule has 7 nitrogen and oxygen atoms in total. The maximum atomic E-state index is 13.2. The Morgan fingerprint density at radius 2 is 1.86 bits per heavy atom. The lowest BCUT2D eigenvalue weighted by molar-refractivity contribution is -0.120. The van der Waals surface area contributed by atoms with Crippen LogP contribution in [0.3, 0.4) is 0 Å². The predicted octanol–water partition coefficient (Wildman–Crippen LogP) is 3.21. The number of benzene rings is 1. The molecule has 2 heterocycles. The van der Waals surface area contributed by atoms with Gasteiger partial charge in [0.2, 0.25) is 5.91 Å². The molecule has 0 bridgehead atoms. The second-order valence-electron chi connectivity index (χ2n) is 7.14. The first-order chi connectivity index (χ1) is 14.1. The van der Waals surface area contributed by atoms with E-state index in [9.17, 15) is 9.59 Å². The zero-order valence-electron chi connectivity index (χ0n) is 15.9. The lowest BCUT2D eigenvalue weighted by Gasteiger charge is -2.25. The number of rotatable bonds is 5. The summed E-state index contributed by atoms with van der Waals surface area (Å²) in [5.74, 6) is 0.641. The number of hydrogen-bond donors (Lipinski definition) is 1. The van der Waals surface area contributed by atoms with Crippen molar-refractivity contribution in [1.82, 2.24) is 10.3 Å². The molecule has 1 aliphatic heterocycles. The maximum Gasteiger partial charge on any atom is 0.260 e. The minimum Gasteiger partial charge on any atom is -0.486 e. The van der Waals surface area contributed by atoms with Gasteiger partial charge < -0.3 is 14.8 Å². The lowest BCUT2D eigenvalue weighted by atomic mass is 10.2. The van der Waals surface area contributed by atoms with Crippen molar-refractivity contribution in [3.63, 3.8) is 0 Å². The van der Waals surface area contributed by atoms with E-state index >= 15 is 0 Å². The summed E-state index contributed by atoms with van der Waals surface area (Å²) in [6, 6.07) is 8.54. The number of carbonyl (C=O) groups is 2. The average Bonchev–Trinajstić information content (AvgIpc) is 3.24. The number of pyridine rings is 1. The molecule has 4 rings (SSSR count). The van der Waals surface area contributed by atoms with Crippen LogP contribution in [0.2, 0.25) is 5.15 Å². The van der Waals surface area contributed by atoms with Crippen LogP contribution < -0.4 is 19.7 Å². The Morgan fingerprint density at radius 3 is 2.59 bits per heavy atom. The SMILES string of the molecule is O=C(CN(C(=O)c1ccc(Cl)nc1)c1ccc2c(c1)OCCO2)NC1CCCC1. The second-order valence-corrected chi connectivity index (χ2v) is 7.52. The topological polar surface area (TPSA) is 80.8 Å². The molecule has 2 amide bonds. The highest BCUT2D eigenvalue weighted by Gasteiger charge is 2.25. The molecule has 1 saturated carbocycles. The van der Waals surface area contributed by atoms with Crippen molar-refractivity contribution in [2.75, 3.05) is 24.7 Å². The van der Waals surface area contributed by atoms with Crippen LogP contribution in [0, 0.1) is 0 Å². The van der Waals surface area contributed by atoms with Gasteiger partial charge in [0.1, 0.15) is 24.9 Å². The Morgan fingerprint density at radius 1 is 1.10 bits per heavy atom. The molecule has 152 valence electrons. The number of fused-ring (bicyclic) bond motifs is 1. The van der Waals surface area contributed by atoms with Gasteiger partial charge in [0.05, 0.1) is 5.56 Å². The lowest BCUT2D eigenvalue weighted by Crippen LogP contribution is -2.43. The number of amides is 2. The molecule has 0 saturated heterocycles. The number of anilines is 1. The van der Waals surface area contributed by atoms with Crippen molar-refractivity contribution in [3.8, 4) is 11.5 Å². The van der Waals surface area contributed by atoms with Gasteiger partial charge in [-0.15, -0.1) is 0 Å². The number of halogens is 1. The summed E-state index contributed by atoms with van der Waals surface area (Å²) in [4.78, 5) is 31.3. The molecule has 2 aromatic rings. The summed E-state index contributed by atoms with van der Waals surface area (Å²) < 4.78 is 11.2. The van der Waals surface area contributed by atoms with Gasteiger partial charge in [0.25, 0.3) is 5.91 Å². The molecule has 0 atom stereocenters. The number of nitrogens with one attached hydrogen (secondary N) is 1. The Hall–Kier alpha value is -2.80. The standard InChI is InChI=1S/C21H22ClN3O4/c22-19-8-5-14(12-23-19)21(27)25(13-20(26)24-15-3-1-2-4-15)16-6-7-17-18(11-16)29-10-9-28-17/h5-8,11-12,15H,1-4,9-10,13H2,(H,24,26). The molecule has 2 aliphatic rings. The van der Waals surface area contributed by atoms with E-state index in [1.54, 1.807) is 30.3 Å². The maximum absolute atomic E-state index is 13.2. The number of ether oxygens (including phenoxy) is 2. The van der Waals surface area contributed by atoms with Crippen LogP contribution in [0.1, 0.15) is 36.0 Å². The van der Waals surface area contributed by atoms with Crippen molar-refractivity contribution < 1.29 is 19.1 Å². The van der Waals surface area contributed by atoms with Crippen LogP contribution >= 0.6 is 11.6 Å². The van der Waals surface area contributed by atoms with Gasteiger partial charge in [0.15, 0.2) is 11.5 Å². The number of hydrogen-bond acceptors (Lipinski definition) is 5. The van der Waals surface area contributed by atoms with E-state index in [0.717, 1.165) is 25.7 Å². The fourth-order valence-corrected chi connectivity index (χ4v) is 3.74. The molecule has 1 aromatic heterocycles. The van der Waals surface area contributed by atoms with E-state index in [1.165, 1.54) is 11.1 Å². The monoisotopic (exact) mass is 415 g/mol. The van der Waals surface area contributed by atoms with Crippen molar-refractivity contribution in [3.05, 3.63) is 47.2 Å². The van der Waals surface area contributed by atoms with E-state index in [-0.39, 0.29) is 24.4 Å². The molecule has 1 aliphatic carbocycles. The van der Waals surface area contributed by atoms with E-state index in [1.807, 2.05) is 0 Å². The number of nitrogens with zero attached hydrogens (tertiary/aromatic N) is 2. The Balaban J connectivity index is 1.60. The van der Waals surface area contributed by atoms with Crippen molar-refractivity contribution in [2.24, 2.45) is 0 Å². The highest BCUT2D eigenvalue weighted by atomic mass is 35.5. The molecule has 29 heavy (non-hydrogen) atoms. The first-order valence-corrected chi connectivity index (χ1v) is 10.1. The van der Waals surface area contributed by atoms with Crippen LogP contribution in [-0.2, 0) is 4.79 Å². The van der Waals surface area contributed by atoms with Crippen LogP contribution in [0.15, 0.2) is 36.5 Å². The minimum atomic E-state index is -0.340. The molecule has 8 heteroatoms. The molecular weight excluding hydrogens is 394 g/mol. The van der Waals surface area contributed by atoms with Gasteiger partial charge in [0, 0.05) is 24.0 Å². The summed E-state index contributed by atoms with van der Waals surface area (Å²) in [5, 5.41) is 3.33. The molecule has 1 fully saturated rings. The predicted molar refractivity (Wildman–Crippen MR) is 109 cm³/mol. The zero-order chi connectivity index (χ0) is 20.2. The third-order valence-electron chi connectivity index (χ3n) is 5.08. The Kier molecular flexibility index (Phi) is 5.85. The Bertz CT molecular complexity index is 897. The third-order valence-corrected chi connectivity index (χ3v) is 5.30. The van der Waals surface area contributed by atoms with Crippen molar-refractivity contribution in [1.29, 1.82) is 0 Å². The van der Waals surface area contributed by atoms with Crippen molar-refractivity contribution >= 4 is 29.1 Å². The van der Waals surface area contributed by atoms with Gasteiger partial charge in [-0.3, -0.25) is 14.5 Å². The smallest absolute Gasteiger partial charge is 0.260 e. The number of carbonyl (C=O) groups excluding carboxylic acids is 2. The fourth-order valence-electron chi connectivity index (χ4n) is 3.63. The van der Waals surface area contributed by atoms with E-state index in [0.29, 0.717) is 41.1 Å². The van der Waals surface area contributed by atoms with Gasteiger partial charge in [-0.25, -0.2) is 4.98 Å². The average molecular weight is 416 g/mol. The van der Waals surface area contributed by atoms with Gasteiger partial charge in [-0.05, 0) is 37.1 Å². The highest BCUT2D eigenvalue weighted by molar-refractivity contribution is 6.29. The quantitative estimate of drug-likeness (QED) is 0.758. The summed E-state index contributed by atoms with van der Waals surface area (Å²) in [6.07, 6.45) is 5.60. The Labute approximate surface area is 174 Å². The minimum absolute atomic E-state index is 0.0996. The van der Waals surface area contributed by atoms with Gasteiger partial charge in [-0.1, -0.05) is 24.4 Å². The fraction of sp³-hybridized carbons (Fsp3) is 0.381. The van der Waals surface area contributed by atoms with Gasteiger partial charge in [-0.2, -0.15) is 0 Å². The molecule has 1 aromatic carbocycles. The first-order valence-electron chi connectivity index (χ1n) is 9.72. The number of aromatic nitrogens is 1. The summed E-state index contributed by atoms with van der Waals surface area (Å²) in [7, 11) is 0. The normalized spacial score (nSPS) is 15.8. The first kappa shape index (κ1) is 19.5. The third kappa shape index (κ3) is 4.62. The highest BCUT2D eigenvalue weighted by Crippen LogP contribution is 2.34. The summed E-state index contributed by atoms with van der Waals surface area (Å²) >= 11 is 5.84. The molecule has 0 spiro atoms. The largest absolute Gasteiger partial charge is 0.486 e. The second kappa shape index (κ2) is 8.69. The van der Waals surface area contributed by atoms with Crippen LogP contribution in [0.5, 0.6) is 11.5 Å². The van der Waals surface area contributed by atoms with Crippen LogP contribution in [0.25, 0.3) is 0 Å².